The first-order chi connectivity index (χ1) is 71.6. The summed E-state index contributed by atoms with van der Waals surface area (Å²) in [5.41, 5.74) is 16.0. The van der Waals surface area contributed by atoms with Crippen LogP contribution in [0, 0.1) is 0 Å². The number of thiophene rings is 15. The Kier molecular flexibility index (Phi) is 15.4. The number of benzene rings is 13. The van der Waals surface area contributed by atoms with Crippen molar-refractivity contribution in [2.45, 2.75) is 6.42 Å². The molecular weight excluding hydrogens is 2050 g/mol. The smallest absolute Gasteiger partial charge is 0.143 e. The first kappa shape index (κ1) is 78.6. The average molecular weight is 2110 g/mol. The zero-order valence-corrected chi connectivity index (χ0v) is 86.6. The number of fused-ring (bicyclic) bond motifs is 84. The molecule has 144 heavy (non-hydrogen) atoms. The Morgan fingerprint density at radius 2 is 0.472 bits per heavy atom. The van der Waals surface area contributed by atoms with E-state index in [-0.39, 0.29) is 0 Å². The van der Waals surface area contributed by atoms with Crippen molar-refractivity contribution < 1.29 is 13.3 Å². The summed E-state index contributed by atoms with van der Waals surface area (Å²) in [4.78, 5) is 7.19. The van der Waals surface area contributed by atoms with Crippen LogP contribution >= 0.6 is 170 Å². The molecule has 40 rings (SSSR count). The standard InChI is InChI=1S/C31H16N2S3.C30H15N3S3.C30H12O3S3.C30H12S6/c1-2-14-15(3-1)24-27(19-9-34-8-18(14)19)25-16-4-6-32-30(16)23-13-36-11-21(23)29(25)26-17-5-7-33-31(17)22-12-35-10-20(22)28(24)26;1-4-19-28-25(16-10-34-13-22(16)31(19)7-1)29-20-5-2-9-33(20)24-15-36-12-18(24)27(29)30-21-6-3-8-32(21)23-14-35-11-17(23)26(28)30;1-4-31-28-13(1)22-25(16-7-34-10-19(16)28)23-14-2-6-33-30(14)21-12-36-9-18(21)27(23)24-15-3-5-32-29(15)20-11-35-8-17(20)26(22)24;1-4-34-28-13(1)22-25(16-7-31-10-19(16)28)23-14-2-6-36-30(14)21-12-33-9-18(21)27(23)24-15-3-5-35-29(15)20-11-32-8-17(20)26(22)24/h1,3-13,32-33H,2H2;1-15H;2*1-12H. The SMILES string of the molecule is C1=Cc2c(c3cscc3c3c2c2c4cscc4c4[nH]ccc4c2c2c4cscc4c4[nH]ccc4c32)C1.c1cc2c(o1)c1cscc1c1c2c2c3cscc3c3occc3c2c2c3cscc3c3occc3c12.c1cc2c(s1)c1cscc1c1c2c2c3cscc3c3sccc3c2c2c3cscc3c3sccc3c12.c1cc2c3c(c4cscc4n2c1)c1c(c2cscc2n2cccc12)c1c3c2cscc2n2cccc12. The zero-order valence-electron chi connectivity index (χ0n) is 74.3. The van der Waals surface area contributed by atoms with Crippen molar-refractivity contribution >= 4 is 537 Å². The summed E-state index contributed by atoms with van der Waals surface area (Å²) < 4.78 is 29.8. The highest BCUT2D eigenvalue weighted by Crippen LogP contribution is 2.61. The summed E-state index contributed by atoms with van der Waals surface area (Å²) >= 11 is 27.2. The van der Waals surface area contributed by atoms with Crippen LogP contribution < -0.4 is 0 Å². The number of furan rings is 3. The molecule has 0 atom stereocenters. The number of H-pyrrole nitrogens is 2. The van der Waals surface area contributed by atoms with Crippen LogP contribution in [0.2, 0.25) is 0 Å². The van der Waals surface area contributed by atoms with Crippen molar-refractivity contribution in [3.63, 3.8) is 0 Å². The maximum atomic E-state index is 6.13. The van der Waals surface area contributed by atoms with Crippen LogP contribution in [-0.4, -0.2) is 23.2 Å². The van der Waals surface area contributed by atoms with Crippen LogP contribution in [0.15, 0.2) is 299 Å². The fraction of sp³-hybridized carbons (Fsp3) is 0.00826. The molecule has 672 valence electrons. The summed E-state index contributed by atoms with van der Waals surface area (Å²) in [5, 5.41) is 134. The summed E-state index contributed by atoms with van der Waals surface area (Å²) in [6.45, 7) is 0. The van der Waals surface area contributed by atoms with Crippen LogP contribution in [0.3, 0.4) is 0 Å². The van der Waals surface area contributed by atoms with E-state index in [1.165, 1.54) is 339 Å². The van der Waals surface area contributed by atoms with Crippen LogP contribution in [0.25, 0.3) is 367 Å². The lowest BCUT2D eigenvalue weighted by atomic mass is 9.83. The minimum atomic E-state index is 0.954. The molecule has 8 nitrogen and oxygen atoms in total. The number of hydrogen-bond donors (Lipinski definition) is 2. The van der Waals surface area contributed by atoms with Gasteiger partial charge in [0.25, 0.3) is 0 Å². The van der Waals surface area contributed by atoms with E-state index in [1.807, 2.05) is 109 Å². The first-order valence-electron chi connectivity index (χ1n) is 47.1. The average Bonchev–Trinajstić information content (AvgIpc) is 1.46. The van der Waals surface area contributed by atoms with E-state index in [9.17, 15) is 0 Å². The van der Waals surface area contributed by atoms with Gasteiger partial charge < -0.3 is 36.4 Å². The van der Waals surface area contributed by atoms with Gasteiger partial charge in [-0.05, 0) is 183 Å². The lowest BCUT2D eigenvalue weighted by molar-refractivity contribution is 0.619. The molecule has 39 aromatic rings. The molecule has 2 N–H and O–H groups in total. The molecule has 26 aromatic heterocycles. The third-order valence-electron chi connectivity index (χ3n) is 32.1. The number of aromatic amines is 2. The molecule has 0 radical (unpaired) electrons. The van der Waals surface area contributed by atoms with Gasteiger partial charge in [0, 0.05) is 395 Å². The predicted molar refractivity (Wildman–Crippen MR) is 645 cm³/mol. The van der Waals surface area contributed by atoms with Gasteiger partial charge in [0.1, 0.15) is 16.7 Å². The molecule has 0 saturated carbocycles. The number of nitrogens with zero attached hydrogens (tertiary/aromatic N) is 3. The second kappa shape index (κ2) is 28.2. The molecule has 0 spiro atoms. The van der Waals surface area contributed by atoms with Crippen LogP contribution in [0.4, 0.5) is 0 Å². The molecule has 23 heteroatoms. The molecule has 0 fully saturated rings. The van der Waals surface area contributed by atoms with Gasteiger partial charge >= 0.3 is 0 Å². The number of aromatic nitrogens is 5. The highest BCUT2D eigenvalue weighted by Gasteiger charge is 2.34. The molecule has 0 unspecified atom stereocenters. The fourth-order valence-corrected chi connectivity index (χ4v) is 39.7. The van der Waals surface area contributed by atoms with Crippen molar-refractivity contribution in [2.24, 2.45) is 0 Å². The van der Waals surface area contributed by atoms with Gasteiger partial charge in [-0.25, -0.2) is 0 Å². The molecule has 26 heterocycles. The van der Waals surface area contributed by atoms with E-state index in [0.29, 0.717) is 0 Å². The van der Waals surface area contributed by atoms with Gasteiger partial charge in [-0.1, -0.05) is 12.2 Å². The third kappa shape index (κ3) is 9.53. The monoisotopic (exact) mass is 2110 g/mol. The Morgan fingerprint density at radius 3 is 0.833 bits per heavy atom. The van der Waals surface area contributed by atoms with Crippen LogP contribution in [-0.2, 0) is 6.42 Å². The van der Waals surface area contributed by atoms with Gasteiger partial charge in [-0.3, -0.25) is 0 Å². The summed E-state index contributed by atoms with van der Waals surface area (Å²) in [7, 11) is 0. The van der Waals surface area contributed by atoms with Gasteiger partial charge in [0.2, 0.25) is 0 Å². The Morgan fingerprint density at radius 1 is 0.208 bits per heavy atom. The van der Waals surface area contributed by atoms with Crippen molar-refractivity contribution in [3.8, 4) is 0 Å². The van der Waals surface area contributed by atoms with E-state index >= 15 is 0 Å². The quantitative estimate of drug-likeness (QED) is 0.148. The molecule has 1 aliphatic carbocycles. The zero-order chi connectivity index (χ0) is 92.5. The van der Waals surface area contributed by atoms with E-state index in [0.717, 1.165) is 39.3 Å². The Bertz CT molecular complexity index is 10500. The summed E-state index contributed by atoms with van der Waals surface area (Å²) in [5.74, 6) is 0. The minimum absolute atomic E-state index is 0.954. The Labute approximate surface area is 867 Å². The molecule has 0 bridgehead atoms. The maximum Gasteiger partial charge on any atom is 0.143 e. The van der Waals surface area contributed by atoms with Gasteiger partial charge in [0.05, 0.1) is 62.9 Å². The lowest BCUT2D eigenvalue weighted by Crippen LogP contribution is -1.96. The largest absolute Gasteiger partial charge is 0.464 e. The molecule has 13 aromatic carbocycles. The topological polar surface area (TPSA) is 84.2 Å². The van der Waals surface area contributed by atoms with E-state index in [2.05, 4.69) is 296 Å². The second-order valence-electron chi connectivity index (χ2n) is 38.1. The number of hydrogen-bond acceptors (Lipinski definition) is 18. The highest BCUT2D eigenvalue weighted by molar-refractivity contribution is 7.21. The van der Waals surface area contributed by atoms with Gasteiger partial charge in [0.15, 0.2) is 0 Å². The Balaban J connectivity index is 0.0000000789. The molecule has 0 saturated heterocycles. The summed E-state index contributed by atoms with van der Waals surface area (Å²) in [6, 6.07) is 31.5. The van der Waals surface area contributed by atoms with Crippen molar-refractivity contribution in [1.82, 2.24) is 23.2 Å². The van der Waals surface area contributed by atoms with Crippen LogP contribution in [0.1, 0.15) is 11.1 Å². The van der Waals surface area contributed by atoms with Gasteiger partial charge in [-0.2, -0.15) is 102 Å². The maximum absolute atomic E-state index is 6.13. The molecule has 1 aliphatic rings. The van der Waals surface area contributed by atoms with Crippen molar-refractivity contribution in [3.05, 3.63) is 297 Å². The van der Waals surface area contributed by atoms with Gasteiger partial charge in [-0.15, -0.1) is 68.0 Å². The van der Waals surface area contributed by atoms with Crippen molar-refractivity contribution in [1.29, 1.82) is 0 Å². The highest BCUT2D eigenvalue weighted by atomic mass is 32.1. The molecular formula is C121H55N5O3S15. The minimum Gasteiger partial charge on any atom is -0.464 e. The summed E-state index contributed by atoms with van der Waals surface area (Å²) in [6.07, 6.45) is 22.1. The lowest BCUT2D eigenvalue weighted by Gasteiger charge is -2.19. The van der Waals surface area contributed by atoms with Crippen molar-refractivity contribution in [2.75, 3.05) is 0 Å². The molecule has 0 amide bonds. The second-order valence-corrected chi connectivity index (χ2v) is 49.8. The number of nitrogens with one attached hydrogen (secondary N) is 2. The number of rotatable bonds is 0. The van der Waals surface area contributed by atoms with E-state index < -0.39 is 0 Å². The predicted octanol–water partition coefficient (Wildman–Crippen LogP) is 43.3. The Hall–Kier alpha value is -13.9. The van der Waals surface area contributed by atoms with E-state index in [1.54, 1.807) is 79.4 Å². The number of allylic oxidation sites excluding steroid dienone is 1. The van der Waals surface area contributed by atoms with Crippen LogP contribution in [0.5, 0.6) is 0 Å². The normalized spacial score (nSPS) is 13.2. The third-order valence-corrected chi connectivity index (χ3v) is 43.8. The first-order valence-corrected chi connectivity index (χ1v) is 61.1. The molecule has 0 aliphatic heterocycles. The fourth-order valence-electron chi connectivity index (χ4n) is 26.8. The van der Waals surface area contributed by atoms with E-state index in [4.69, 9.17) is 13.3 Å². The number of pyridine rings is 3.